The van der Waals surface area contributed by atoms with E-state index in [0.29, 0.717) is 5.92 Å². The van der Waals surface area contributed by atoms with Gasteiger partial charge in [0.1, 0.15) is 0 Å². The van der Waals surface area contributed by atoms with E-state index in [0.717, 1.165) is 6.42 Å². The van der Waals surface area contributed by atoms with Crippen molar-refractivity contribution in [3.8, 4) is 0 Å². The summed E-state index contributed by atoms with van der Waals surface area (Å²) in [5.41, 5.74) is 11.0. The Labute approximate surface area is 77.0 Å². The van der Waals surface area contributed by atoms with Gasteiger partial charge in [0.05, 0.1) is 0 Å². The van der Waals surface area contributed by atoms with Crippen LogP contribution in [0.2, 0.25) is 0 Å². The van der Waals surface area contributed by atoms with Crippen molar-refractivity contribution in [1.82, 2.24) is 0 Å². The lowest BCUT2D eigenvalue weighted by atomic mass is 10.0. The summed E-state index contributed by atoms with van der Waals surface area (Å²) in [7, 11) is 0. The van der Waals surface area contributed by atoms with Gasteiger partial charge in [-0.25, -0.2) is 0 Å². The van der Waals surface area contributed by atoms with Crippen LogP contribution in [0.1, 0.15) is 24.0 Å². The maximum absolute atomic E-state index is 8.38. The molecule has 2 unspecified atom stereocenters. The van der Waals surface area contributed by atoms with Crippen molar-refractivity contribution in [2.24, 2.45) is 5.11 Å². The molecule has 0 heterocycles. The second-order valence-corrected chi connectivity index (χ2v) is 3.46. The Morgan fingerprint density at radius 2 is 2.23 bits per heavy atom. The van der Waals surface area contributed by atoms with Crippen LogP contribution in [0.3, 0.4) is 0 Å². The third-order valence-electron chi connectivity index (χ3n) is 2.75. The average Bonchev–Trinajstić information content (AvgIpc) is 2.46. The third-order valence-corrected chi connectivity index (χ3v) is 2.75. The molecular weight excluding hydrogens is 162 g/mol. The molecule has 0 bridgehead atoms. The molecule has 0 aliphatic heterocycles. The van der Waals surface area contributed by atoms with Gasteiger partial charge in [-0.1, -0.05) is 36.3 Å². The van der Waals surface area contributed by atoms with Crippen molar-refractivity contribution in [1.29, 1.82) is 0 Å². The summed E-state index contributed by atoms with van der Waals surface area (Å²) in [6, 6.07) is 8.41. The number of rotatable bonds is 1. The zero-order valence-electron chi connectivity index (χ0n) is 7.51. The van der Waals surface area contributed by atoms with Crippen molar-refractivity contribution in [2.45, 2.75) is 25.3 Å². The van der Waals surface area contributed by atoms with Crippen LogP contribution in [0, 0.1) is 0 Å². The van der Waals surface area contributed by atoms with Crippen LogP contribution in [-0.4, -0.2) is 6.04 Å². The smallest absolute Gasteiger partial charge is 0.0480 e. The van der Waals surface area contributed by atoms with E-state index in [1.807, 2.05) is 12.1 Å². The third kappa shape index (κ3) is 1.27. The Morgan fingerprint density at radius 1 is 1.46 bits per heavy atom. The molecule has 0 fully saturated rings. The van der Waals surface area contributed by atoms with E-state index >= 15 is 0 Å². The Balaban J connectivity index is 2.37. The number of fused-ring (bicyclic) bond motifs is 1. The van der Waals surface area contributed by atoms with Crippen molar-refractivity contribution in [3.05, 3.63) is 45.8 Å². The standard InChI is InChI=1S/C10H11N3/c1-7-9-5-3-2-4-8(9)6-10(7)12-13-11/h2-5,7,10H,6H2,1H3. The molecule has 0 aromatic heterocycles. The molecular formula is C10H11N3. The molecule has 2 rings (SSSR count). The van der Waals surface area contributed by atoms with E-state index < -0.39 is 0 Å². The monoisotopic (exact) mass is 173 g/mol. The van der Waals surface area contributed by atoms with E-state index in [1.54, 1.807) is 0 Å². The van der Waals surface area contributed by atoms with Crippen LogP contribution < -0.4 is 0 Å². The van der Waals surface area contributed by atoms with Gasteiger partial charge in [-0.3, -0.25) is 0 Å². The summed E-state index contributed by atoms with van der Waals surface area (Å²) < 4.78 is 0. The van der Waals surface area contributed by atoms with E-state index in [4.69, 9.17) is 5.53 Å². The number of hydrogen-bond donors (Lipinski definition) is 0. The highest BCUT2D eigenvalue weighted by Gasteiger charge is 2.27. The molecule has 0 amide bonds. The highest BCUT2D eigenvalue weighted by molar-refractivity contribution is 5.37. The summed E-state index contributed by atoms with van der Waals surface area (Å²) in [5.74, 6) is 0.368. The largest absolute Gasteiger partial charge is 0.0897 e. The lowest BCUT2D eigenvalue weighted by molar-refractivity contribution is 0.611. The molecule has 66 valence electrons. The zero-order chi connectivity index (χ0) is 9.26. The van der Waals surface area contributed by atoms with Crippen LogP contribution in [0.4, 0.5) is 0 Å². The summed E-state index contributed by atoms with van der Waals surface area (Å²) in [6.07, 6.45) is 0.890. The van der Waals surface area contributed by atoms with Gasteiger partial charge in [0.15, 0.2) is 0 Å². The first-order valence-corrected chi connectivity index (χ1v) is 4.45. The van der Waals surface area contributed by atoms with E-state index in [2.05, 4.69) is 29.1 Å². The molecule has 0 radical (unpaired) electrons. The molecule has 0 saturated carbocycles. The van der Waals surface area contributed by atoms with Gasteiger partial charge in [0, 0.05) is 11.0 Å². The number of hydrogen-bond acceptors (Lipinski definition) is 1. The van der Waals surface area contributed by atoms with Gasteiger partial charge in [-0.05, 0) is 29.0 Å². The molecule has 0 spiro atoms. The number of benzene rings is 1. The fourth-order valence-corrected chi connectivity index (χ4v) is 1.98. The summed E-state index contributed by atoms with van der Waals surface area (Å²) >= 11 is 0. The Kier molecular flexibility index (Phi) is 1.95. The first-order chi connectivity index (χ1) is 6.33. The quantitative estimate of drug-likeness (QED) is 0.356. The van der Waals surface area contributed by atoms with E-state index in [1.165, 1.54) is 11.1 Å². The zero-order valence-corrected chi connectivity index (χ0v) is 7.51. The Hall–Kier alpha value is -1.47. The highest BCUT2D eigenvalue weighted by atomic mass is 15.2. The van der Waals surface area contributed by atoms with Crippen molar-refractivity contribution >= 4 is 0 Å². The van der Waals surface area contributed by atoms with Crippen LogP contribution in [0.5, 0.6) is 0 Å². The predicted octanol–water partition coefficient (Wildman–Crippen LogP) is 3.03. The molecule has 3 heteroatoms. The Morgan fingerprint density at radius 3 is 2.92 bits per heavy atom. The predicted molar refractivity (Wildman–Crippen MR) is 51.5 cm³/mol. The molecule has 0 N–H and O–H groups in total. The number of azide groups is 1. The van der Waals surface area contributed by atoms with Crippen molar-refractivity contribution in [2.75, 3.05) is 0 Å². The number of nitrogens with zero attached hydrogens (tertiary/aromatic N) is 3. The lowest BCUT2D eigenvalue weighted by Crippen LogP contribution is -2.06. The van der Waals surface area contributed by atoms with Crippen LogP contribution in [0.25, 0.3) is 10.4 Å². The molecule has 1 aromatic carbocycles. The van der Waals surface area contributed by atoms with Gasteiger partial charge < -0.3 is 0 Å². The van der Waals surface area contributed by atoms with Crippen molar-refractivity contribution < 1.29 is 0 Å². The maximum Gasteiger partial charge on any atom is 0.0480 e. The molecule has 3 nitrogen and oxygen atoms in total. The van der Waals surface area contributed by atoms with Gasteiger partial charge in [0.2, 0.25) is 0 Å². The summed E-state index contributed by atoms with van der Waals surface area (Å²) in [4.78, 5) is 2.88. The normalized spacial score (nSPS) is 25.0. The molecule has 1 aliphatic carbocycles. The highest BCUT2D eigenvalue weighted by Crippen LogP contribution is 2.34. The minimum Gasteiger partial charge on any atom is -0.0897 e. The van der Waals surface area contributed by atoms with Gasteiger partial charge in [-0.2, -0.15) is 0 Å². The first kappa shape index (κ1) is 8.14. The lowest BCUT2D eigenvalue weighted by Gasteiger charge is -2.08. The van der Waals surface area contributed by atoms with E-state index in [-0.39, 0.29) is 6.04 Å². The SMILES string of the molecule is CC1c2ccccc2CC1N=[N+]=[N-]. The minimum atomic E-state index is 0.113. The minimum absolute atomic E-state index is 0.113. The van der Waals surface area contributed by atoms with Gasteiger partial charge >= 0.3 is 0 Å². The van der Waals surface area contributed by atoms with Crippen LogP contribution in [0.15, 0.2) is 29.4 Å². The Bertz CT molecular complexity index is 366. The molecule has 0 saturated heterocycles. The summed E-state index contributed by atoms with van der Waals surface area (Å²) in [5, 5.41) is 3.80. The van der Waals surface area contributed by atoms with Gasteiger partial charge in [0.25, 0.3) is 0 Å². The summed E-state index contributed by atoms with van der Waals surface area (Å²) in [6.45, 7) is 2.12. The van der Waals surface area contributed by atoms with Crippen molar-refractivity contribution in [3.63, 3.8) is 0 Å². The second-order valence-electron chi connectivity index (χ2n) is 3.46. The first-order valence-electron chi connectivity index (χ1n) is 4.45. The average molecular weight is 173 g/mol. The van der Waals surface area contributed by atoms with Crippen LogP contribution in [-0.2, 0) is 6.42 Å². The van der Waals surface area contributed by atoms with Crippen LogP contribution >= 0.6 is 0 Å². The van der Waals surface area contributed by atoms with E-state index in [9.17, 15) is 0 Å². The fourth-order valence-electron chi connectivity index (χ4n) is 1.98. The molecule has 13 heavy (non-hydrogen) atoms. The molecule has 1 aliphatic rings. The topological polar surface area (TPSA) is 48.8 Å². The second kappa shape index (κ2) is 3.11. The molecule has 1 aromatic rings. The van der Waals surface area contributed by atoms with Gasteiger partial charge in [-0.15, -0.1) is 0 Å². The fraction of sp³-hybridized carbons (Fsp3) is 0.400. The molecule has 2 atom stereocenters. The maximum atomic E-state index is 8.38.